The molecule has 0 bridgehead atoms. The van der Waals surface area contributed by atoms with Gasteiger partial charge in [-0.25, -0.2) is 0 Å². The summed E-state index contributed by atoms with van der Waals surface area (Å²) < 4.78 is 10.2. The molecule has 46 heavy (non-hydrogen) atoms. The normalized spacial score (nSPS) is 10.2. The van der Waals surface area contributed by atoms with Crippen LogP contribution < -0.4 is 0 Å². The Labute approximate surface area is 278 Å². The maximum Gasteiger partial charge on any atom is 0.311 e. The van der Waals surface area contributed by atoms with Crippen molar-refractivity contribution in [2.45, 2.75) is 113 Å². The highest BCUT2D eigenvalue weighted by Gasteiger charge is 2.13. The fourth-order valence-electron chi connectivity index (χ4n) is 3.58. The summed E-state index contributed by atoms with van der Waals surface area (Å²) in [7, 11) is 0. The summed E-state index contributed by atoms with van der Waals surface area (Å²) in [6.45, 7) is 19.3. The molecule has 0 aromatic heterocycles. The molecule has 1 atom stereocenters. The second kappa shape index (κ2) is 32.6. The number of carbonyl (C=O) groups excluding carboxylic acids is 4. The molecule has 0 aliphatic carbocycles. The Hall–Kier alpha value is -3.81. The van der Waals surface area contributed by atoms with Gasteiger partial charge in [0.15, 0.2) is 5.78 Å². The Morgan fingerprint density at radius 1 is 0.783 bits per heavy atom. The van der Waals surface area contributed by atoms with E-state index in [9.17, 15) is 24.0 Å². The number of esters is 2. The predicted octanol–water partition coefficient (Wildman–Crippen LogP) is 9.27. The average molecular weight is 644 g/mol. The average Bonchev–Trinajstić information content (AvgIpc) is 3.07. The predicted molar refractivity (Wildman–Crippen MR) is 185 cm³/mol. The molecular formula is C38H59O8. The van der Waals surface area contributed by atoms with Crippen LogP contribution in [-0.4, -0.2) is 41.7 Å². The summed E-state index contributed by atoms with van der Waals surface area (Å²) in [5.74, 6) is -0.879. The lowest BCUT2D eigenvalue weighted by Crippen LogP contribution is -2.10. The second-order valence-corrected chi connectivity index (χ2v) is 10.1. The number of Topliss-reactive ketones (excluding diaryl/α,β-unsaturated/α-hetero) is 1. The smallest absolute Gasteiger partial charge is 0.311 e. The highest BCUT2D eigenvalue weighted by atomic mass is 16.5. The fourth-order valence-corrected chi connectivity index (χ4v) is 3.58. The van der Waals surface area contributed by atoms with E-state index >= 15 is 0 Å². The number of ketones is 1. The third-order valence-corrected chi connectivity index (χ3v) is 6.60. The molecule has 0 saturated carbocycles. The molecule has 1 unspecified atom stereocenters. The highest BCUT2D eigenvalue weighted by molar-refractivity contribution is 6.05. The summed E-state index contributed by atoms with van der Waals surface area (Å²) in [5, 5.41) is 8.32. The Kier molecular flexibility index (Phi) is 33.0. The molecule has 2 aromatic carbocycles. The minimum absolute atomic E-state index is 0.0924. The van der Waals surface area contributed by atoms with E-state index in [0.717, 1.165) is 50.4 Å². The molecule has 0 aliphatic heterocycles. The van der Waals surface area contributed by atoms with Crippen molar-refractivity contribution in [3.63, 3.8) is 0 Å². The van der Waals surface area contributed by atoms with Gasteiger partial charge in [0.2, 0.25) is 0 Å². The van der Waals surface area contributed by atoms with Gasteiger partial charge in [0, 0.05) is 24.8 Å². The van der Waals surface area contributed by atoms with Crippen molar-refractivity contribution in [3.8, 4) is 0 Å². The minimum Gasteiger partial charge on any atom is -0.481 e. The van der Waals surface area contributed by atoms with Gasteiger partial charge in [-0.05, 0) is 37.2 Å². The van der Waals surface area contributed by atoms with Crippen LogP contribution in [0.15, 0.2) is 60.7 Å². The maximum absolute atomic E-state index is 11.4. The minimum atomic E-state index is -1.09. The van der Waals surface area contributed by atoms with Crippen molar-refractivity contribution in [2.75, 3.05) is 6.61 Å². The van der Waals surface area contributed by atoms with E-state index in [4.69, 9.17) is 14.6 Å². The van der Waals surface area contributed by atoms with Crippen LogP contribution in [-0.2, 0) is 28.7 Å². The lowest BCUT2D eigenvalue weighted by atomic mass is 10.1. The van der Waals surface area contributed by atoms with Crippen LogP contribution in [0.4, 0.5) is 0 Å². The standard InChI is InChI=1S/C13H18O2.C9H8O3.C8H16O2.C6H12O.C2H5/c1-3-8-13(14)15-12(4-2)11-9-6-5-7-10-11;10-8(6-9(11)12)7-4-2-1-3-5-7;1-4-8(5-2)6-10-7(3)9;1-3-6(4-2)5-7;1-2/h5-7,9-10,12H,3-4,8H2,1-2H3;1-5H,6H2,(H,11,12);8H,4-6H2,1-3H3;5-6H,3-4H2,1-2H3;1H2,2H3. The number of carboxylic acids is 1. The van der Waals surface area contributed by atoms with E-state index in [1.807, 2.05) is 58.0 Å². The van der Waals surface area contributed by atoms with Crippen molar-refractivity contribution in [2.24, 2.45) is 11.8 Å². The van der Waals surface area contributed by atoms with Crippen LogP contribution in [0, 0.1) is 18.8 Å². The molecule has 0 saturated heterocycles. The molecule has 2 aromatic rings. The van der Waals surface area contributed by atoms with Crippen molar-refractivity contribution in [1.82, 2.24) is 0 Å². The van der Waals surface area contributed by atoms with Crippen LogP contribution in [0.3, 0.4) is 0 Å². The van der Waals surface area contributed by atoms with Gasteiger partial charge in [-0.1, -0.05) is 129 Å². The van der Waals surface area contributed by atoms with Crippen LogP contribution in [0.1, 0.15) is 129 Å². The molecular weight excluding hydrogens is 584 g/mol. The van der Waals surface area contributed by atoms with Crippen LogP contribution in [0.25, 0.3) is 0 Å². The first-order chi connectivity index (χ1) is 22.0. The zero-order chi connectivity index (χ0) is 35.8. The van der Waals surface area contributed by atoms with E-state index in [0.29, 0.717) is 30.4 Å². The van der Waals surface area contributed by atoms with E-state index < -0.39 is 12.4 Å². The topological polar surface area (TPSA) is 124 Å². The first kappa shape index (κ1) is 46.6. The molecule has 1 N–H and O–H groups in total. The third-order valence-electron chi connectivity index (χ3n) is 6.60. The first-order valence-electron chi connectivity index (χ1n) is 16.4. The second-order valence-electron chi connectivity index (χ2n) is 10.1. The van der Waals surface area contributed by atoms with Crippen LogP contribution >= 0.6 is 0 Å². The lowest BCUT2D eigenvalue weighted by molar-refractivity contribution is -0.149. The number of aldehydes is 1. The number of carboxylic acid groups (broad SMARTS) is 1. The van der Waals surface area contributed by atoms with E-state index in [1.54, 1.807) is 37.3 Å². The van der Waals surface area contributed by atoms with Gasteiger partial charge in [-0.15, -0.1) is 0 Å². The third kappa shape index (κ3) is 26.6. The molecule has 0 aliphatic rings. The SMILES string of the molecule is CCC(C=O)CC.CCC(CC)COC(C)=O.CCCC(=O)OC(CC)c1ccccc1.O=C(O)CC(=O)c1ccccc1.[CH2]C. The number of aliphatic carboxylic acids is 1. The molecule has 259 valence electrons. The molecule has 1 radical (unpaired) electrons. The molecule has 2 rings (SSSR count). The first-order valence-corrected chi connectivity index (χ1v) is 16.4. The number of benzene rings is 2. The van der Waals surface area contributed by atoms with Gasteiger partial charge in [0.05, 0.1) is 6.61 Å². The zero-order valence-corrected chi connectivity index (χ0v) is 29.5. The van der Waals surface area contributed by atoms with Crippen molar-refractivity contribution >= 4 is 30.0 Å². The van der Waals surface area contributed by atoms with E-state index in [2.05, 4.69) is 20.8 Å². The molecule has 8 heteroatoms. The van der Waals surface area contributed by atoms with Gasteiger partial charge < -0.3 is 19.4 Å². The summed E-state index contributed by atoms with van der Waals surface area (Å²) in [6, 6.07) is 18.3. The molecule has 0 spiro atoms. The molecule has 0 amide bonds. The van der Waals surface area contributed by atoms with Gasteiger partial charge in [0.1, 0.15) is 18.8 Å². The Morgan fingerprint density at radius 2 is 1.28 bits per heavy atom. The monoisotopic (exact) mass is 643 g/mol. The molecule has 8 nitrogen and oxygen atoms in total. The Balaban J connectivity index is -0.000000543. The molecule has 0 fully saturated rings. The van der Waals surface area contributed by atoms with Gasteiger partial charge in [0.25, 0.3) is 0 Å². The quantitative estimate of drug-likeness (QED) is 0.0881. The van der Waals surface area contributed by atoms with Crippen molar-refractivity contribution < 1.29 is 38.6 Å². The van der Waals surface area contributed by atoms with Gasteiger partial charge in [-0.2, -0.15) is 0 Å². The lowest BCUT2D eigenvalue weighted by Gasteiger charge is -2.16. The Bertz CT molecular complexity index is 1030. The number of hydrogen-bond acceptors (Lipinski definition) is 7. The number of carbonyl (C=O) groups is 5. The maximum atomic E-state index is 11.4. The number of ether oxygens (including phenoxy) is 2. The number of rotatable bonds is 15. The van der Waals surface area contributed by atoms with E-state index in [-0.39, 0.29) is 23.8 Å². The van der Waals surface area contributed by atoms with Crippen molar-refractivity contribution in [3.05, 3.63) is 78.7 Å². The van der Waals surface area contributed by atoms with Gasteiger partial charge >= 0.3 is 17.9 Å². The van der Waals surface area contributed by atoms with Gasteiger partial charge in [-0.3, -0.25) is 19.2 Å². The Morgan fingerprint density at radius 3 is 1.63 bits per heavy atom. The fraction of sp³-hybridized carbons (Fsp3) is 0.526. The van der Waals surface area contributed by atoms with E-state index in [1.165, 1.54) is 6.92 Å². The summed E-state index contributed by atoms with van der Waals surface area (Å²) in [4.78, 5) is 52.9. The van der Waals surface area contributed by atoms with Crippen LogP contribution in [0.5, 0.6) is 0 Å². The largest absolute Gasteiger partial charge is 0.481 e. The highest BCUT2D eigenvalue weighted by Crippen LogP contribution is 2.21. The summed E-state index contributed by atoms with van der Waals surface area (Å²) in [6.07, 6.45) is 6.80. The number of hydrogen-bond donors (Lipinski definition) is 1. The zero-order valence-electron chi connectivity index (χ0n) is 29.5. The summed E-state index contributed by atoms with van der Waals surface area (Å²) >= 11 is 0. The van der Waals surface area contributed by atoms with Crippen LogP contribution in [0.2, 0.25) is 0 Å². The molecule has 0 heterocycles. The summed E-state index contributed by atoms with van der Waals surface area (Å²) in [5.41, 5.74) is 1.52. The van der Waals surface area contributed by atoms with Crippen molar-refractivity contribution in [1.29, 1.82) is 0 Å².